The lowest BCUT2D eigenvalue weighted by Gasteiger charge is -2.34. The summed E-state index contributed by atoms with van der Waals surface area (Å²) in [7, 11) is 1.84. The lowest BCUT2D eigenvalue weighted by Crippen LogP contribution is -2.48. The Bertz CT molecular complexity index is 1220. The van der Waals surface area contributed by atoms with Gasteiger partial charge in [0.1, 0.15) is 0 Å². The molecule has 0 saturated carbocycles. The molecule has 5 rings (SSSR count). The van der Waals surface area contributed by atoms with Gasteiger partial charge in [-0.15, -0.1) is 0 Å². The molecule has 0 N–H and O–H groups in total. The van der Waals surface area contributed by atoms with Gasteiger partial charge in [0, 0.05) is 63.9 Å². The van der Waals surface area contributed by atoms with Crippen molar-refractivity contribution in [2.75, 3.05) is 26.2 Å². The SMILES string of the molecule is Cc1noc2nc(-c3cnn(C)c3)cc(C(=O)N3CCN(Cc4cccnc4)CC3)c12. The highest BCUT2D eigenvalue weighted by Gasteiger charge is 2.26. The van der Waals surface area contributed by atoms with Gasteiger partial charge < -0.3 is 9.42 Å². The van der Waals surface area contributed by atoms with Crippen molar-refractivity contribution in [2.24, 2.45) is 7.05 Å². The van der Waals surface area contributed by atoms with Gasteiger partial charge in [-0.1, -0.05) is 11.2 Å². The second kappa shape index (κ2) is 7.92. The Labute approximate surface area is 179 Å². The van der Waals surface area contributed by atoms with E-state index < -0.39 is 0 Å². The van der Waals surface area contributed by atoms with Crippen molar-refractivity contribution in [3.05, 3.63) is 59.8 Å². The third kappa shape index (κ3) is 3.79. The van der Waals surface area contributed by atoms with Gasteiger partial charge in [0.2, 0.25) is 0 Å². The van der Waals surface area contributed by atoms with E-state index in [0.717, 1.165) is 25.2 Å². The zero-order valence-electron chi connectivity index (χ0n) is 17.5. The fraction of sp³-hybridized carbons (Fsp3) is 0.318. The third-order valence-corrected chi connectivity index (χ3v) is 5.64. The summed E-state index contributed by atoms with van der Waals surface area (Å²) in [5.41, 5.74) is 4.27. The number of amides is 1. The summed E-state index contributed by atoms with van der Waals surface area (Å²) in [6.45, 7) is 5.62. The van der Waals surface area contributed by atoms with Crippen LogP contribution in [-0.4, -0.2) is 66.8 Å². The zero-order chi connectivity index (χ0) is 21.4. The molecule has 1 amide bonds. The summed E-state index contributed by atoms with van der Waals surface area (Å²) in [5.74, 6) is -0.0233. The van der Waals surface area contributed by atoms with Crippen molar-refractivity contribution in [3.8, 4) is 11.3 Å². The average molecular weight is 417 g/mol. The topological polar surface area (TPSA) is 93.2 Å². The normalized spacial score (nSPS) is 15.0. The number of aromatic nitrogens is 5. The molecule has 31 heavy (non-hydrogen) atoms. The van der Waals surface area contributed by atoms with Crippen molar-refractivity contribution in [1.29, 1.82) is 0 Å². The van der Waals surface area contributed by atoms with E-state index in [-0.39, 0.29) is 5.91 Å². The Balaban J connectivity index is 1.39. The molecule has 1 fully saturated rings. The van der Waals surface area contributed by atoms with Gasteiger partial charge in [0.15, 0.2) is 0 Å². The van der Waals surface area contributed by atoms with E-state index >= 15 is 0 Å². The number of aryl methyl sites for hydroxylation is 2. The maximum atomic E-state index is 13.5. The van der Waals surface area contributed by atoms with Crippen molar-refractivity contribution in [2.45, 2.75) is 13.5 Å². The van der Waals surface area contributed by atoms with Gasteiger partial charge in [0.05, 0.1) is 28.5 Å². The van der Waals surface area contributed by atoms with Crippen LogP contribution in [0.15, 0.2) is 47.5 Å². The number of carbonyl (C=O) groups excluding carboxylic acids is 1. The molecular formula is C22H23N7O2. The first-order chi connectivity index (χ1) is 15.1. The summed E-state index contributed by atoms with van der Waals surface area (Å²) in [4.78, 5) is 26.5. The first-order valence-electron chi connectivity index (χ1n) is 10.2. The number of carbonyl (C=O) groups is 1. The van der Waals surface area contributed by atoms with Crippen molar-refractivity contribution < 1.29 is 9.32 Å². The fourth-order valence-electron chi connectivity index (χ4n) is 3.99. The molecule has 0 atom stereocenters. The molecule has 9 nitrogen and oxygen atoms in total. The predicted octanol–water partition coefficient (Wildman–Crippen LogP) is 2.28. The number of hydrogen-bond donors (Lipinski definition) is 0. The smallest absolute Gasteiger partial charge is 0.259 e. The monoisotopic (exact) mass is 417 g/mol. The number of rotatable bonds is 4. The third-order valence-electron chi connectivity index (χ3n) is 5.64. The van der Waals surface area contributed by atoms with Gasteiger partial charge in [-0.3, -0.25) is 19.4 Å². The van der Waals surface area contributed by atoms with Gasteiger partial charge in [0.25, 0.3) is 11.6 Å². The molecule has 4 aromatic heterocycles. The first kappa shape index (κ1) is 19.4. The maximum Gasteiger partial charge on any atom is 0.259 e. The summed E-state index contributed by atoms with van der Waals surface area (Å²) in [6, 6.07) is 5.85. The van der Waals surface area contributed by atoms with E-state index in [0.29, 0.717) is 41.1 Å². The predicted molar refractivity (Wildman–Crippen MR) is 114 cm³/mol. The lowest BCUT2D eigenvalue weighted by molar-refractivity contribution is 0.0630. The van der Waals surface area contributed by atoms with Crippen molar-refractivity contribution >= 4 is 17.0 Å². The highest BCUT2D eigenvalue weighted by Crippen LogP contribution is 2.28. The van der Waals surface area contributed by atoms with E-state index in [1.807, 2.05) is 43.4 Å². The molecule has 0 aliphatic carbocycles. The van der Waals surface area contributed by atoms with E-state index in [2.05, 4.69) is 31.2 Å². The molecule has 0 radical (unpaired) electrons. The lowest BCUT2D eigenvalue weighted by atomic mass is 10.1. The molecule has 0 bridgehead atoms. The number of pyridine rings is 2. The molecule has 0 spiro atoms. The summed E-state index contributed by atoms with van der Waals surface area (Å²) in [5, 5.41) is 8.93. The van der Waals surface area contributed by atoms with Crippen LogP contribution in [0.2, 0.25) is 0 Å². The Hall–Kier alpha value is -3.59. The van der Waals surface area contributed by atoms with Crippen molar-refractivity contribution in [3.63, 3.8) is 0 Å². The molecule has 1 aliphatic heterocycles. The summed E-state index contributed by atoms with van der Waals surface area (Å²) >= 11 is 0. The van der Waals surface area contributed by atoms with Crippen LogP contribution in [0.4, 0.5) is 0 Å². The standard InChI is InChI=1S/C22H23N7O2/c1-15-20-18(10-19(25-21(20)31-26-15)17-12-24-27(2)14-17)22(30)29-8-6-28(7-9-29)13-16-4-3-5-23-11-16/h3-5,10-12,14H,6-9,13H2,1-2H3. The molecule has 0 unspecified atom stereocenters. The second-order valence-electron chi connectivity index (χ2n) is 7.84. The molecule has 158 valence electrons. The Morgan fingerprint density at radius 3 is 2.74 bits per heavy atom. The van der Waals surface area contributed by atoms with Crippen LogP contribution in [0.1, 0.15) is 21.6 Å². The van der Waals surface area contributed by atoms with Crippen LogP contribution >= 0.6 is 0 Å². The maximum absolute atomic E-state index is 13.5. The molecule has 1 saturated heterocycles. The molecule has 1 aliphatic rings. The minimum atomic E-state index is -0.0233. The number of fused-ring (bicyclic) bond motifs is 1. The van der Waals surface area contributed by atoms with Crippen LogP contribution in [0.5, 0.6) is 0 Å². The van der Waals surface area contributed by atoms with E-state index in [1.165, 1.54) is 5.56 Å². The molecule has 0 aromatic carbocycles. The largest absolute Gasteiger partial charge is 0.336 e. The average Bonchev–Trinajstić information content (AvgIpc) is 3.40. The minimum absolute atomic E-state index is 0.0233. The number of piperazine rings is 1. The molecule has 5 heterocycles. The van der Waals surface area contributed by atoms with Crippen LogP contribution in [0, 0.1) is 6.92 Å². The van der Waals surface area contributed by atoms with E-state index in [1.54, 1.807) is 17.1 Å². The zero-order valence-corrected chi connectivity index (χ0v) is 17.5. The fourth-order valence-corrected chi connectivity index (χ4v) is 3.99. The Morgan fingerprint density at radius 1 is 1.19 bits per heavy atom. The summed E-state index contributed by atoms with van der Waals surface area (Å²) < 4.78 is 7.11. The molecular weight excluding hydrogens is 394 g/mol. The number of hydrogen-bond acceptors (Lipinski definition) is 7. The second-order valence-corrected chi connectivity index (χ2v) is 7.84. The number of nitrogens with zero attached hydrogens (tertiary/aromatic N) is 7. The highest BCUT2D eigenvalue weighted by atomic mass is 16.5. The minimum Gasteiger partial charge on any atom is -0.336 e. The van der Waals surface area contributed by atoms with Gasteiger partial charge in [-0.05, 0) is 24.6 Å². The Morgan fingerprint density at radius 2 is 2.03 bits per heavy atom. The first-order valence-corrected chi connectivity index (χ1v) is 10.2. The van der Waals surface area contributed by atoms with Gasteiger partial charge >= 0.3 is 0 Å². The molecule has 4 aromatic rings. The van der Waals surface area contributed by atoms with E-state index in [4.69, 9.17) is 4.52 Å². The van der Waals surface area contributed by atoms with E-state index in [9.17, 15) is 4.79 Å². The quantitative estimate of drug-likeness (QED) is 0.503. The van der Waals surface area contributed by atoms with Crippen LogP contribution in [0.3, 0.4) is 0 Å². The van der Waals surface area contributed by atoms with Crippen LogP contribution < -0.4 is 0 Å². The van der Waals surface area contributed by atoms with Gasteiger partial charge in [-0.25, -0.2) is 4.98 Å². The van der Waals surface area contributed by atoms with Crippen molar-refractivity contribution in [1.82, 2.24) is 34.7 Å². The Kier molecular flexibility index (Phi) is 4.95. The highest BCUT2D eigenvalue weighted by molar-refractivity contribution is 6.07. The summed E-state index contributed by atoms with van der Waals surface area (Å²) in [6.07, 6.45) is 7.26. The van der Waals surface area contributed by atoms with Crippen LogP contribution in [0.25, 0.3) is 22.4 Å². The molecule has 9 heteroatoms. The van der Waals surface area contributed by atoms with Gasteiger partial charge in [-0.2, -0.15) is 5.10 Å². The van der Waals surface area contributed by atoms with Crippen LogP contribution in [-0.2, 0) is 13.6 Å².